The number of nitrogens with zero attached hydrogens (tertiary/aromatic N) is 3. The zero-order chi connectivity index (χ0) is 18.1. The smallest absolute Gasteiger partial charge is 0.349 e. The van der Waals surface area contributed by atoms with Crippen molar-refractivity contribution in [1.29, 1.82) is 0 Å². The van der Waals surface area contributed by atoms with Crippen LogP contribution in [0, 0.1) is 6.92 Å². The first-order valence-corrected chi connectivity index (χ1v) is 9.19. The Morgan fingerprint density at radius 3 is 2.56 bits per heavy atom. The highest BCUT2D eigenvalue weighted by molar-refractivity contribution is 7.13. The topological polar surface area (TPSA) is 72.7 Å². The van der Waals surface area contributed by atoms with Crippen LogP contribution < -0.4 is 5.32 Å². The van der Waals surface area contributed by atoms with E-state index >= 15 is 0 Å². The molecule has 3 rings (SSSR count). The molecule has 1 saturated heterocycles. The normalized spacial score (nSPS) is 22.9. The van der Waals surface area contributed by atoms with Crippen LogP contribution in [-0.2, 0) is 4.79 Å². The van der Waals surface area contributed by atoms with Crippen LogP contribution in [0.3, 0.4) is 0 Å². The molecule has 2 aliphatic heterocycles. The zero-order valence-electron chi connectivity index (χ0n) is 14.7. The van der Waals surface area contributed by atoms with Crippen molar-refractivity contribution in [2.45, 2.75) is 31.8 Å². The minimum atomic E-state index is -0.413. The van der Waals surface area contributed by atoms with Gasteiger partial charge in [0.05, 0.1) is 19.0 Å². The van der Waals surface area contributed by atoms with E-state index in [0.717, 1.165) is 27.5 Å². The van der Waals surface area contributed by atoms with E-state index < -0.39 is 6.04 Å². The van der Waals surface area contributed by atoms with Crippen LogP contribution in [0.25, 0.3) is 0 Å². The van der Waals surface area contributed by atoms with Gasteiger partial charge in [-0.1, -0.05) is 0 Å². The van der Waals surface area contributed by atoms with Crippen LogP contribution >= 0.6 is 11.3 Å². The minimum Gasteiger partial charge on any atom is -0.349 e. The standard InChI is InChI=1S/C17H22N4O3S/c1-11-4-5-14(25-11)15(22)18-12-6-8-21(9-7-12)13-10-19(2)17(24)20(3)16(13)23/h4-5,10,12-13H,6-9H2,1-3H3/p+1. The van der Waals surface area contributed by atoms with Crippen molar-refractivity contribution in [2.75, 3.05) is 27.2 Å². The van der Waals surface area contributed by atoms with Crippen molar-refractivity contribution in [3.05, 3.63) is 21.9 Å². The van der Waals surface area contributed by atoms with Gasteiger partial charge in [0.25, 0.3) is 5.91 Å². The lowest BCUT2D eigenvalue weighted by molar-refractivity contribution is -0.401. The molecular weight excluding hydrogens is 340 g/mol. The molecule has 1 N–H and O–H groups in total. The Balaban J connectivity index is 1.58. The van der Waals surface area contributed by atoms with Crippen LogP contribution in [0.15, 0.2) is 12.1 Å². The molecule has 0 spiro atoms. The molecule has 0 aliphatic carbocycles. The molecule has 134 valence electrons. The first kappa shape index (κ1) is 17.8. The molecule has 4 amide bonds. The molecule has 1 aromatic heterocycles. The number of likely N-dealkylation sites (N-methyl/N-ethyl adjacent to an activating group) is 1. The molecule has 8 heteroatoms. The van der Waals surface area contributed by atoms with Crippen molar-refractivity contribution < 1.29 is 19.0 Å². The summed E-state index contributed by atoms with van der Waals surface area (Å²) >= 11 is 1.49. The van der Waals surface area contributed by atoms with Gasteiger partial charge in [-0.05, 0) is 31.9 Å². The largest absolute Gasteiger partial charge is 0.500 e. The molecule has 0 bridgehead atoms. The maximum Gasteiger partial charge on any atom is 0.500 e. The fourth-order valence-corrected chi connectivity index (χ4v) is 4.02. The lowest BCUT2D eigenvalue weighted by Gasteiger charge is -2.36. The van der Waals surface area contributed by atoms with Gasteiger partial charge >= 0.3 is 11.9 Å². The van der Waals surface area contributed by atoms with Gasteiger partial charge in [-0.15, -0.1) is 11.3 Å². The Labute approximate surface area is 150 Å². The molecule has 25 heavy (non-hydrogen) atoms. The van der Waals surface area contributed by atoms with Gasteiger partial charge in [-0.3, -0.25) is 9.69 Å². The number of rotatable bonds is 3. The number of amides is 4. The molecule has 1 fully saturated rings. The first-order valence-electron chi connectivity index (χ1n) is 8.37. The number of imide groups is 1. The lowest BCUT2D eigenvalue weighted by atomic mass is 10.0. The van der Waals surface area contributed by atoms with E-state index in [2.05, 4.69) is 10.2 Å². The molecule has 3 heterocycles. The average Bonchev–Trinajstić information content (AvgIpc) is 3.04. The summed E-state index contributed by atoms with van der Waals surface area (Å²) in [6.45, 7) is 3.39. The Hall–Kier alpha value is -2.06. The summed E-state index contributed by atoms with van der Waals surface area (Å²) < 4.78 is 1.46. The monoisotopic (exact) mass is 363 g/mol. The van der Waals surface area contributed by atoms with Gasteiger partial charge in [0.1, 0.15) is 6.21 Å². The second-order valence-electron chi connectivity index (χ2n) is 6.58. The number of nitrogens with one attached hydrogen (secondary N) is 1. The number of aryl methyl sites for hydroxylation is 1. The Bertz CT molecular complexity index is 734. The van der Waals surface area contributed by atoms with Gasteiger partial charge in [0.2, 0.25) is 0 Å². The van der Waals surface area contributed by atoms with E-state index in [-0.39, 0.29) is 23.9 Å². The number of hydrogen-bond acceptors (Lipinski definition) is 5. The van der Waals surface area contributed by atoms with Crippen molar-refractivity contribution in [1.82, 2.24) is 15.1 Å². The Kier molecular flexibility index (Phi) is 5.01. The number of thiophene rings is 1. The molecule has 0 radical (unpaired) electrons. The molecule has 0 aromatic carbocycles. The average molecular weight is 363 g/mol. The number of carbonyl (C=O) groups is 3. The van der Waals surface area contributed by atoms with Crippen LogP contribution in [0.5, 0.6) is 0 Å². The third-order valence-electron chi connectivity index (χ3n) is 4.76. The van der Waals surface area contributed by atoms with E-state index in [9.17, 15) is 14.4 Å². The summed E-state index contributed by atoms with van der Waals surface area (Å²) in [4.78, 5) is 41.5. The summed E-state index contributed by atoms with van der Waals surface area (Å²) in [6, 6.07) is 3.19. The van der Waals surface area contributed by atoms with Crippen LogP contribution in [0.1, 0.15) is 27.4 Å². The fraction of sp³-hybridized carbons (Fsp3) is 0.529. The van der Waals surface area contributed by atoms with Gasteiger partial charge in [0, 0.05) is 24.0 Å². The summed E-state index contributed by atoms with van der Waals surface area (Å²) in [7, 11) is 3.17. The van der Waals surface area contributed by atoms with Crippen molar-refractivity contribution in [3.63, 3.8) is 0 Å². The van der Waals surface area contributed by atoms with Crippen molar-refractivity contribution in [2.24, 2.45) is 0 Å². The third-order valence-corrected chi connectivity index (χ3v) is 5.76. The van der Waals surface area contributed by atoms with E-state index in [1.54, 1.807) is 13.3 Å². The molecule has 7 nitrogen and oxygen atoms in total. The number of hydrogen-bond donors (Lipinski definition) is 1. The third kappa shape index (κ3) is 3.64. The highest BCUT2D eigenvalue weighted by atomic mass is 32.1. The molecule has 1 unspecified atom stereocenters. The fourth-order valence-electron chi connectivity index (χ4n) is 3.25. The SMILES string of the molecule is Cc1ccc(C(=O)NC2CCN(C3C=[N+](C)C(=O)N(C)C3=O)CC2)s1. The maximum absolute atomic E-state index is 12.4. The van der Waals surface area contributed by atoms with Gasteiger partial charge < -0.3 is 5.32 Å². The summed E-state index contributed by atoms with van der Waals surface area (Å²) in [6.07, 6.45) is 3.25. The second-order valence-corrected chi connectivity index (χ2v) is 7.87. The highest BCUT2D eigenvalue weighted by Crippen LogP contribution is 2.18. The Morgan fingerprint density at radius 1 is 1.28 bits per heavy atom. The Morgan fingerprint density at radius 2 is 1.96 bits per heavy atom. The van der Waals surface area contributed by atoms with E-state index in [4.69, 9.17) is 0 Å². The maximum atomic E-state index is 12.4. The molecular formula is C17H23N4O3S+. The number of urea groups is 1. The van der Waals surface area contributed by atoms with E-state index in [1.807, 2.05) is 19.1 Å². The number of piperidine rings is 1. The van der Waals surface area contributed by atoms with E-state index in [0.29, 0.717) is 13.1 Å². The highest BCUT2D eigenvalue weighted by Gasteiger charge is 2.42. The predicted octanol–water partition coefficient (Wildman–Crippen LogP) is 0.924. The van der Waals surface area contributed by atoms with Crippen LogP contribution in [0.4, 0.5) is 4.79 Å². The lowest BCUT2D eigenvalue weighted by Crippen LogP contribution is -2.59. The summed E-state index contributed by atoms with van der Waals surface area (Å²) in [5.74, 6) is -0.221. The molecule has 1 atom stereocenters. The number of likely N-dealkylation sites (tertiary alicyclic amines) is 1. The van der Waals surface area contributed by atoms with Crippen LogP contribution in [0.2, 0.25) is 0 Å². The van der Waals surface area contributed by atoms with E-state index in [1.165, 1.54) is 23.0 Å². The van der Waals surface area contributed by atoms with Crippen molar-refractivity contribution >= 4 is 35.4 Å². The van der Waals surface area contributed by atoms with Gasteiger partial charge in [-0.25, -0.2) is 9.37 Å². The van der Waals surface area contributed by atoms with Crippen molar-refractivity contribution in [3.8, 4) is 0 Å². The molecule has 0 saturated carbocycles. The zero-order valence-corrected chi connectivity index (χ0v) is 15.5. The minimum absolute atomic E-state index is 0.0260. The van der Waals surface area contributed by atoms with Gasteiger partial charge in [0.15, 0.2) is 6.04 Å². The molecule has 2 aliphatic rings. The summed E-state index contributed by atoms with van der Waals surface area (Å²) in [5, 5.41) is 3.08. The number of carbonyl (C=O) groups excluding carboxylic acids is 3. The predicted molar refractivity (Wildman–Crippen MR) is 95.3 cm³/mol. The van der Waals surface area contributed by atoms with Gasteiger partial charge in [-0.2, -0.15) is 9.69 Å². The van der Waals surface area contributed by atoms with Crippen LogP contribution in [-0.4, -0.2) is 77.7 Å². The first-order chi connectivity index (χ1) is 11.9. The second kappa shape index (κ2) is 7.05. The molecule has 1 aromatic rings. The summed E-state index contributed by atoms with van der Waals surface area (Å²) in [5.41, 5.74) is 0. The quantitative estimate of drug-likeness (QED) is 0.811.